The number of alkyl halides is 1. The van der Waals surface area contributed by atoms with Crippen LogP contribution in [0.4, 0.5) is 5.69 Å². The lowest BCUT2D eigenvalue weighted by molar-refractivity contribution is -0.116. The molecule has 1 atom stereocenters. The summed E-state index contributed by atoms with van der Waals surface area (Å²) in [5.74, 6) is -0.244. The molecule has 1 unspecified atom stereocenters. The molecule has 0 aliphatic heterocycles. The normalized spacial score (nSPS) is 12.6. The van der Waals surface area contributed by atoms with Crippen LogP contribution in [0.15, 0.2) is 5.38 Å². The molecule has 0 bridgehead atoms. The summed E-state index contributed by atoms with van der Waals surface area (Å²) in [6, 6.07) is -0.252. The number of thiophene rings is 1. The Bertz CT molecular complexity index is 359. The number of hydrogen-bond acceptors (Lipinski definition) is 3. The molecule has 1 amide bonds. The van der Waals surface area contributed by atoms with E-state index in [0.29, 0.717) is 0 Å². The summed E-state index contributed by atoms with van der Waals surface area (Å²) in [7, 11) is 0. The SMILES string of the molecule is Cc1csc(C)c1N(C(=O)CCl)C(C)CO. The smallest absolute Gasteiger partial charge is 0.242 e. The topological polar surface area (TPSA) is 40.5 Å². The van der Waals surface area contributed by atoms with Crippen LogP contribution in [0.5, 0.6) is 0 Å². The van der Waals surface area contributed by atoms with Crippen molar-refractivity contribution in [2.75, 3.05) is 17.4 Å². The quantitative estimate of drug-likeness (QED) is 0.845. The van der Waals surface area contributed by atoms with Gasteiger partial charge in [-0.3, -0.25) is 4.79 Å². The third-order valence-electron chi connectivity index (χ3n) is 2.45. The van der Waals surface area contributed by atoms with Gasteiger partial charge in [0.25, 0.3) is 0 Å². The summed E-state index contributed by atoms with van der Waals surface area (Å²) in [5.41, 5.74) is 1.93. The van der Waals surface area contributed by atoms with Crippen LogP contribution in [0, 0.1) is 13.8 Å². The van der Waals surface area contributed by atoms with E-state index in [-0.39, 0.29) is 24.4 Å². The monoisotopic (exact) mass is 261 g/mol. The van der Waals surface area contributed by atoms with Gasteiger partial charge in [-0.25, -0.2) is 0 Å². The third kappa shape index (κ3) is 2.56. The number of aliphatic hydroxyl groups is 1. The highest BCUT2D eigenvalue weighted by atomic mass is 35.5. The van der Waals surface area contributed by atoms with Gasteiger partial charge in [0.2, 0.25) is 5.91 Å². The van der Waals surface area contributed by atoms with Gasteiger partial charge in [0.05, 0.1) is 18.3 Å². The molecule has 0 radical (unpaired) electrons. The van der Waals surface area contributed by atoms with Crippen LogP contribution in [-0.4, -0.2) is 29.5 Å². The lowest BCUT2D eigenvalue weighted by Crippen LogP contribution is -2.42. The molecule has 1 N–H and O–H groups in total. The standard InChI is InChI=1S/C11H16ClNO2S/c1-7-6-16-9(3)11(7)13(8(2)5-14)10(15)4-12/h6,8,14H,4-5H2,1-3H3. The minimum absolute atomic E-state index is 0.0704. The second kappa shape index (κ2) is 5.66. The van der Waals surface area contributed by atoms with Gasteiger partial charge in [-0.1, -0.05) is 0 Å². The molecule has 1 aromatic heterocycles. The number of hydrogen-bond donors (Lipinski definition) is 1. The number of carbonyl (C=O) groups excluding carboxylic acids is 1. The van der Waals surface area contributed by atoms with Crippen molar-refractivity contribution >= 4 is 34.5 Å². The molecule has 0 spiro atoms. The van der Waals surface area contributed by atoms with Crippen LogP contribution >= 0.6 is 22.9 Å². The predicted molar refractivity (Wildman–Crippen MR) is 68.5 cm³/mol. The van der Waals surface area contributed by atoms with Crippen molar-refractivity contribution in [1.82, 2.24) is 0 Å². The average molecular weight is 262 g/mol. The Morgan fingerprint density at radius 3 is 2.62 bits per heavy atom. The predicted octanol–water partition coefficient (Wildman–Crippen LogP) is 2.32. The van der Waals surface area contributed by atoms with E-state index in [1.807, 2.05) is 19.2 Å². The Morgan fingerprint density at radius 2 is 2.25 bits per heavy atom. The van der Waals surface area contributed by atoms with Crippen LogP contribution in [-0.2, 0) is 4.79 Å². The van der Waals surface area contributed by atoms with Gasteiger partial charge in [0, 0.05) is 4.88 Å². The summed E-state index contributed by atoms with van der Waals surface area (Å²) >= 11 is 7.20. The molecule has 0 aliphatic rings. The molecule has 1 aromatic rings. The van der Waals surface area contributed by atoms with Crippen molar-refractivity contribution in [3.05, 3.63) is 15.8 Å². The molecule has 3 nitrogen and oxygen atoms in total. The average Bonchev–Trinajstić information content (AvgIpc) is 2.60. The molecule has 0 aromatic carbocycles. The van der Waals surface area contributed by atoms with E-state index in [2.05, 4.69) is 0 Å². The van der Waals surface area contributed by atoms with Crippen molar-refractivity contribution < 1.29 is 9.90 Å². The number of halogens is 1. The van der Waals surface area contributed by atoms with Crippen LogP contribution in [0.3, 0.4) is 0 Å². The van der Waals surface area contributed by atoms with E-state index in [1.54, 1.807) is 23.2 Å². The molecule has 0 saturated carbocycles. The fourth-order valence-electron chi connectivity index (χ4n) is 1.66. The molecule has 0 fully saturated rings. The number of aryl methyl sites for hydroxylation is 2. The molecule has 1 rings (SSSR count). The molecule has 0 aliphatic carbocycles. The van der Waals surface area contributed by atoms with E-state index in [0.717, 1.165) is 16.1 Å². The van der Waals surface area contributed by atoms with Crippen molar-refractivity contribution in [3.63, 3.8) is 0 Å². The number of carbonyl (C=O) groups is 1. The number of amides is 1. The Morgan fingerprint density at radius 1 is 1.62 bits per heavy atom. The van der Waals surface area contributed by atoms with E-state index in [4.69, 9.17) is 11.6 Å². The lowest BCUT2D eigenvalue weighted by atomic mass is 10.2. The molecule has 1 heterocycles. The van der Waals surface area contributed by atoms with Crippen LogP contribution < -0.4 is 4.90 Å². The van der Waals surface area contributed by atoms with Gasteiger partial charge in [-0.05, 0) is 31.7 Å². The summed E-state index contributed by atoms with van der Waals surface area (Å²) in [6.45, 7) is 5.65. The first-order valence-corrected chi connectivity index (χ1v) is 6.47. The van der Waals surface area contributed by atoms with E-state index >= 15 is 0 Å². The van der Waals surface area contributed by atoms with Gasteiger partial charge >= 0.3 is 0 Å². The van der Waals surface area contributed by atoms with Crippen LogP contribution in [0.2, 0.25) is 0 Å². The largest absolute Gasteiger partial charge is 0.394 e. The van der Waals surface area contributed by atoms with Gasteiger partial charge in [0.1, 0.15) is 5.88 Å². The highest BCUT2D eigenvalue weighted by Gasteiger charge is 2.24. The molecular formula is C11H16ClNO2S. The highest BCUT2D eigenvalue weighted by molar-refractivity contribution is 7.10. The lowest BCUT2D eigenvalue weighted by Gasteiger charge is -2.28. The first-order chi connectivity index (χ1) is 7.52. The first-order valence-electron chi connectivity index (χ1n) is 5.06. The Labute approximate surface area is 105 Å². The summed E-state index contributed by atoms with van der Waals surface area (Å²) in [4.78, 5) is 14.5. The van der Waals surface area contributed by atoms with E-state index < -0.39 is 0 Å². The zero-order chi connectivity index (χ0) is 12.3. The van der Waals surface area contributed by atoms with E-state index in [9.17, 15) is 9.90 Å². The Balaban J connectivity index is 3.15. The van der Waals surface area contributed by atoms with Crippen molar-refractivity contribution in [2.24, 2.45) is 0 Å². The van der Waals surface area contributed by atoms with Crippen LogP contribution in [0.25, 0.3) is 0 Å². The summed E-state index contributed by atoms with van der Waals surface area (Å²) in [6.07, 6.45) is 0. The summed E-state index contributed by atoms with van der Waals surface area (Å²) < 4.78 is 0. The fraction of sp³-hybridized carbons (Fsp3) is 0.545. The number of anilines is 1. The number of nitrogens with zero attached hydrogens (tertiary/aromatic N) is 1. The van der Waals surface area contributed by atoms with Crippen molar-refractivity contribution in [2.45, 2.75) is 26.8 Å². The van der Waals surface area contributed by atoms with Gasteiger partial charge in [0.15, 0.2) is 0 Å². The van der Waals surface area contributed by atoms with Gasteiger partial charge in [-0.15, -0.1) is 22.9 Å². The number of rotatable bonds is 4. The Kier molecular flexibility index (Phi) is 4.77. The fourth-order valence-corrected chi connectivity index (χ4v) is 2.63. The maximum atomic E-state index is 11.8. The molecule has 5 heteroatoms. The highest BCUT2D eigenvalue weighted by Crippen LogP contribution is 2.31. The molecular weight excluding hydrogens is 246 g/mol. The zero-order valence-electron chi connectivity index (χ0n) is 9.66. The van der Waals surface area contributed by atoms with Gasteiger partial charge < -0.3 is 10.0 Å². The van der Waals surface area contributed by atoms with Crippen LogP contribution in [0.1, 0.15) is 17.4 Å². The second-order valence-electron chi connectivity index (χ2n) is 3.75. The maximum absolute atomic E-state index is 11.8. The minimum Gasteiger partial charge on any atom is -0.394 e. The van der Waals surface area contributed by atoms with E-state index in [1.165, 1.54) is 0 Å². The first kappa shape index (κ1) is 13.5. The molecule has 90 valence electrons. The Hall–Kier alpha value is -0.580. The van der Waals surface area contributed by atoms with Crippen molar-refractivity contribution in [3.8, 4) is 0 Å². The maximum Gasteiger partial charge on any atom is 0.242 e. The molecule has 16 heavy (non-hydrogen) atoms. The van der Waals surface area contributed by atoms with Gasteiger partial charge in [-0.2, -0.15) is 0 Å². The minimum atomic E-state index is -0.252. The second-order valence-corrected chi connectivity index (χ2v) is 5.10. The van der Waals surface area contributed by atoms with Crippen molar-refractivity contribution in [1.29, 1.82) is 0 Å². The zero-order valence-corrected chi connectivity index (χ0v) is 11.2. The number of aliphatic hydroxyl groups excluding tert-OH is 1. The third-order valence-corrected chi connectivity index (χ3v) is 3.70. The molecule has 0 saturated heterocycles. The summed E-state index contributed by atoms with van der Waals surface area (Å²) in [5, 5.41) is 11.2.